The lowest BCUT2D eigenvalue weighted by atomic mass is 9.96. The highest BCUT2D eigenvalue weighted by Crippen LogP contribution is 2.34. The topological polar surface area (TPSA) is 58.4 Å². The summed E-state index contributed by atoms with van der Waals surface area (Å²) in [4.78, 5) is 11.8. The van der Waals surface area contributed by atoms with Crippen molar-refractivity contribution in [1.29, 1.82) is 0 Å². The van der Waals surface area contributed by atoms with E-state index in [4.69, 9.17) is 0 Å². The fourth-order valence-electron chi connectivity index (χ4n) is 2.90. The largest absolute Gasteiger partial charge is 0.378 e. The van der Waals surface area contributed by atoms with E-state index in [1.165, 1.54) is 0 Å². The average Bonchev–Trinajstić information content (AvgIpc) is 2.87. The van der Waals surface area contributed by atoms with Crippen LogP contribution >= 0.6 is 0 Å². The van der Waals surface area contributed by atoms with Crippen LogP contribution in [-0.2, 0) is 0 Å². The molecule has 0 unspecified atom stereocenters. The highest BCUT2D eigenvalue weighted by molar-refractivity contribution is 5.52. The van der Waals surface area contributed by atoms with E-state index in [9.17, 15) is 18.9 Å². The number of rotatable bonds is 5. The van der Waals surface area contributed by atoms with E-state index in [0.717, 1.165) is 37.8 Å². The zero-order valence-electron chi connectivity index (χ0n) is 12.2. The molecule has 0 aromatic heterocycles. The van der Waals surface area contributed by atoms with Crippen LogP contribution in [0.1, 0.15) is 25.7 Å². The minimum absolute atomic E-state index is 0.124. The van der Waals surface area contributed by atoms with E-state index < -0.39 is 22.2 Å². The van der Waals surface area contributed by atoms with Crippen LogP contribution < -0.4 is 5.32 Å². The fourth-order valence-corrected chi connectivity index (χ4v) is 2.90. The van der Waals surface area contributed by atoms with Crippen LogP contribution in [-0.4, -0.2) is 36.0 Å². The van der Waals surface area contributed by atoms with Crippen molar-refractivity contribution in [2.45, 2.75) is 31.2 Å². The number of nitrogens with one attached hydrogen (secondary N) is 1. The number of likely N-dealkylation sites (N-methyl/N-ethyl adjacent to an activating group) is 1. The molecule has 2 rings (SSSR count). The smallest absolute Gasteiger partial charge is 0.275 e. The summed E-state index contributed by atoms with van der Waals surface area (Å²) in [6.07, 6.45) is 4.10. The molecule has 0 heterocycles. The van der Waals surface area contributed by atoms with E-state index in [0.29, 0.717) is 6.54 Å². The maximum Gasteiger partial charge on any atom is 0.275 e. The van der Waals surface area contributed by atoms with Gasteiger partial charge in [0.05, 0.1) is 17.1 Å². The number of halogens is 2. The van der Waals surface area contributed by atoms with Crippen LogP contribution in [0.5, 0.6) is 0 Å². The molecule has 0 amide bonds. The van der Waals surface area contributed by atoms with E-state index in [-0.39, 0.29) is 11.2 Å². The molecule has 1 saturated carbocycles. The van der Waals surface area contributed by atoms with Crippen molar-refractivity contribution in [1.82, 2.24) is 4.90 Å². The molecule has 0 aliphatic heterocycles. The highest BCUT2D eigenvalue weighted by atomic mass is 19.1. The molecule has 0 bridgehead atoms. The summed E-state index contributed by atoms with van der Waals surface area (Å²) < 4.78 is 27.7. The summed E-state index contributed by atoms with van der Waals surface area (Å²) in [5, 5.41) is 13.4. The second-order valence-electron chi connectivity index (χ2n) is 5.72. The van der Waals surface area contributed by atoms with Gasteiger partial charge in [0, 0.05) is 12.1 Å². The molecule has 1 aliphatic carbocycles. The van der Waals surface area contributed by atoms with Gasteiger partial charge in [-0.15, -0.1) is 0 Å². The van der Waals surface area contributed by atoms with Crippen molar-refractivity contribution in [3.63, 3.8) is 0 Å². The Morgan fingerprint density at radius 3 is 2.24 bits per heavy atom. The van der Waals surface area contributed by atoms with Crippen molar-refractivity contribution in [2.75, 3.05) is 26.0 Å². The van der Waals surface area contributed by atoms with E-state index in [1.807, 2.05) is 14.1 Å². The van der Waals surface area contributed by atoms with Gasteiger partial charge < -0.3 is 10.2 Å². The Hall–Kier alpha value is -1.76. The normalized spacial score (nSPS) is 17.2. The van der Waals surface area contributed by atoms with Crippen molar-refractivity contribution < 1.29 is 13.7 Å². The molecule has 7 heteroatoms. The molecule has 1 aliphatic rings. The second kappa shape index (κ2) is 5.93. The Morgan fingerprint density at radius 2 is 1.81 bits per heavy atom. The predicted octanol–water partition coefficient (Wildman–Crippen LogP) is 3.16. The third kappa shape index (κ3) is 3.12. The van der Waals surface area contributed by atoms with E-state index >= 15 is 0 Å². The summed E-state index contributed by atoms with van der Waals surface area (Å²) >= 11 is 0. The van der Waals surface area contributed by atoms with Crippen molar-refractivity contribution in [2.24, 2.45) is 0 Å². The first kappa shape index (κ1) is 15.6. The summed E-state index contributed by atoms with van der Waals surface area (Å²) in [6.45, 7) is 0.408. The van der Waals surface area contributed by atoms with E-state index in [1.54, 1.807) is 0 Å². The first-order chi connectivity index (χ1) is 9.85. The van der Waals surface area contributed by atoms with Gasteiger partial charge in [-0.05, 0) is 26.9 Å². The number of nitrogens with zero attached hydrogens (tertiary/aromatic N) is 2. The lowest BCUT2D eigenvalue weighted by Crippen LogP contribution is -2.47. The lowest BCUT2D eigenvalue weighted by Gasteiger charge is -2.36. The quantitative estimate of drug-likeness (QED) is 0.670. The number of nitro groups is 1. The van der Waals surface area contributed by atoms with Crippen LogP contribution in [0.4, 0.5) is 20.2 Å². The SMILES string of the molecule is CN(C)C1(CNc2c(F)cc([N+](=O)[O-])cc2F)CCCC1. The zero-order valence-corrected chi connectivity index (χ0v) is 12.2. The lowest BCUT2D eigenvalue weighted by molar-refractivity contribution is -0.385. The van der Waals surface area contributed by atoms with Gasteiger partial charge in [0.15, 0.2) is 11.6 Å². The Morgan fingerprint density at radius 1 is 1.29 bits per heavy atom. The van der Waals surface area contributed by atoms with Crippen LogP contribution in [0.2, 0.25) is 0 Å². The predicted molar refractivity (Wildman–Crippen MR) is 76.4 cm³/mol. The molecule has 116 valence electrons. The van der Waals surface area contributed by atoms with Gasteiger partial charge in [-0.1, -0.05) is 12.8 Å². The average molecular weight is 299 g/mol. The third-order valence-electron chi connectivity index (χ3n) is 4.31. The summed E-state index contributed by atoms with van der Waals surface area (Å²) in [5.41, 5.74) is -1.01. The van der Waals surface area contributed by atoms with Crippen molar-refractivity contribution in [3.8, 4) is 0 Å². The molecule has 21 heavy (non-hydrogen) atoms. The van der Waals surface area contributed by atoms with Crippen LogP contribution in [0.25, 0.3) is 0 Å². The molecule has 1 fully saturated rings. The Labute approximate surface area is 122 Å². The van der Waals surface area contributed by atoms with Crippen LogP contribution in [0, 0.1) is 21.7 Å². The summed E-state index contributed by atoms with van der Waals surface area (Å²) in [6, 6.07) is 1.48. The van der Waals surface area contributed by atoms with Gasteiger partial charge in [-0.3, -0.25) is 10.1 Å². The standard InChI is InChI=1S/C14H19F2N3O2/c1-18(2)14(5-3-4-6-14)9-17-13-11(15)7-10(19(20)21)8-12(13)16/h7-8,17H,3-6,9H2,1-2H3. The number of non-ortho nitro benzene ring substituents is 1. The minimum atomic E-state index is -0.936. The molecular weight excluding hydrogens is 280 g/mol. The van der Waals surface area contributed by atoms with Gasteiger partial charge in [0.2, 0.25) is 0 Å². The fraction of sp³-hybridized carbons (Fsp3) is 0.571. The van der Waals surface area contributed by atoms with Gasteiger partial charge in [0.25, 0.3) is 5.69 Å². The van der Waals surface area contributed by atoms with Crippen LogP contribution in [0.15, 0.2) is 12.1 Å². The number of benzene rings is 1. The molecule has 0 radical (unpaired) electrons. The first-order valence-corrected chi connectivity index (χ1v) is 6.90. The Balaban J connectivity index is 2.18. The van der Waals surface area contributed by atoms with Gasteiger partial charge >= 0.3 is 0 Å². The molecule has 0 atom stereocenters. The van der Waals surface area contributed by atoms with Crippen molar-refractivity contribution >= 4 is 11.4 Å². The summed E-state index contributed by atoms with van der Waals surface area (Å²) in [5.74, 6) is -1.87. The molecular formula is C14H19F2N3O2. The maximum absolute atomic E-state index is 13.9. The van der Waals surface area contributed by atoms with Gasteiger partial charge in [-0.2, -0.15) is 0 Å². The monoisotopic (exact) mass is 299 g/mol. The third-order valence-corrected chi connectivity index (χ3v) is 4.31. The second-order valence-corrected chi connectivity index (χ2v) is 5.72. The molecule has 1 aromatic carbocycles. The molecule has 1 aromatic rings. The van der Waals surface area contributed by atoms with Crippen molar-refractivity contribution in [3.05, 3.63) is 33.9 Å². The molecule has 5 nitrogen and oxygen atoms in total. The van der Waals surface area contributed by atoms with Gasteiger partial charge in [-0.25, -0.2) is 8.78 Å². The minimum Gasteiger partial charge on any atom is -0.378 e. The molecule has 0 saturated heterocycles. The number of nitro benzene ring substituents is 1. The Bertz CT molecular complexity index is 520. The first-order valence-electron chi connectivity index (χ1n) is 6.90. The Kier molecular flexibility index (Phi) is 4.41. The molecule has 1 N–H and O–H groups in total. The highest BCUT2D eigenvalue weighted by Gasteiger charge is 2.36. The molecule has 0 spiro atoms. The van der Waals surface area contributed by atoms with Gasteiger partial charge in [0.1, 0.15) is 5.69 Å². The number of hydrogen-bond donors (Lipinski definition) is 1. The maximum atomic E-state index is 13.9. The van der Waals surface area contributed by atoms with E-state index in [2.05, 4.69) is 10.2 Å². The number of hydrogen-bond acceptors (Lipinski definition) is 4. The summed E-state index contributed by atoms with van der Waals surface area (Å²) in [7, 11) is 3.91. The van der Waals surface area contributed by atoms with Crippen LogP contribution in [0.3, 0.4) is 0 Å². The number of anilines is 1. The zero-order chi connectivity index (χ0) is 15.6.